The van der Waals surface area contributed by atoms with Gasteiger partial charge in [-0.15, -0.1) is 0 Å². The van der Waals surface area contributed by atoms with E-state index in [1.165, 1.54) is 29.8 Å². The summed E-state index contributed by atoms with van der Waals surface area (Å²) in [6, 6.07) is 15.6. The number of piperidine rings is 1. The van der Waals surface area contributed by atoms with Crippen molar-refractivity contribution in [3.05, 3.63) is 76.2 Å². The van der Waals surface area contributed by atoms with Crippen molar-refractivity contribution in [1.82, 2.24) is 5.32 Å². The fraction of sp³-hybridized carbons (Fsp3) is 0.364. The van der Waals surface area contributed by atoms with Crippen molar-refractivity contribution < 1.29 is 4.39 Å². The van der Waals surface area contributed by atoms with Gasteiger partial charge in [-0.05, 0) is 86.3 Å². The number of benzene rings is 2. The van der Waals surface area contributed by atoms with Crippen molar-refractivity contribution >= 4 is 17.3 Å². The standard InChI is InChI=1S/C22H24ClFN2/c23-18-5-9-20(10-6-18)26(21-11-13-25-14-12-21)22(17-3-4-17)15-16-1-7-19(24)8-2-16/h1-2,5-10,21,25H,3-4,11-15H2. The lowest BCUT2D eigenvalue weighted by molar-refractivity contribution is 0.442. The number of allylic oxidation sites excluding steroid dienone is 2. The van der Waals surface area contributed by atoms with E-state index in [2.05, 4.69) is 22.3 Å². The highest BCUT2D eigenvalue weighted by molar-refractivity contribution is 6.30. The highest BCUT2D eigenvalue weighted by atomic mass is 35.5. The van der Waals surface area contributed by atoms with Crippen molar-refractivity contribution in [3.63, 3.8) is 0 Å². The van der Waals surface area contributed by atoms with Gasteiger partial charge in [-0.1, -0.05) is 23.7 Å². The summed E-state index contributed by atoms with van der Waals surface area (Å²) in [5.41, 5.74) is 5.29. The second kappa shape index (κ2) is 7.81. The average molecular weight is 371 g/mol. The zero-order valence-corrected chi connectivity index (χ0v) is 15.6. The first-order chi connectivity index (χ1) is 12.7. The molecule has 1 aliphatic carbocycles. The van der Waals surface area contributed by atoms with Gasteiger partial charge >= 0.3 is 0 Å². The van der Waals surface area contributed by atoms with Crippen LogP contribution in [0.15, 0.2) is 59.8 Å². The molecule has 0 unspecified atom stereocenters. The second-order valence-electron chi connectivity index (χ2n) is 7.18. The topological polar surface area (TPSA) is 15.3 Å². The summed E-state index contributed by atoms with van der Waals surface area (Å²) in [6.45, 7) is 2.10. The Kier molecular flexibility index (Phi) is 5.28. The molecular weight excluding hydrogens is 347 g/mol. The quantitative estimate of drug-likeness (QED) is 0.765. The minimum absolute atomic E-state index is 0.178. The van der Waals surface area contributed by atoms with Gasteiger partial charge in [0.1, 0.15) is 5.82 Å². The number of hydrogen-bond acceptors (Lipinski definition) is 2. The third-order valence-electron chi connectivity index (χ3n) is 5.26. The van der Waals surface area contributed by atoms with Crippen LogP contribution in [0.2, 0.25) is 5.02 Å². The smallest absolute Gasteiger partial charge is 0.123 e. The lowest BCUT2D eigenvalue weighted by Crippen LogP contribution is -2.43. The molecule has 1 heterocycles. The molecule has 2 nitrogen and oxygen atoms in total. The first kappa shape index (κ1) is 17.6. The highest BCUT2D eigenvalue weighted by Crippen LogP contribution is 2.39. The van der Waals surface area contributed by atoms with Crippen LogP contribution in [-0.4, -0.2) is 19.1 Å². The minimum atomic E-state index is -0.178. The van der Waals surface area contributed by atoms with Crippen LogP contribution in [0.4, 0.5) is 10.1 Å². The maximum atomic E-state index is 13.3. The van der Waals surface area contributed by atoms with Crippen LogP contribution in [0.3, 0.4) is 0 Å². The maximum Gasteiger partial charge on any atom is 0.123 e. The molecule has 0 aromatic heterocycles. The zero-order chi connectivity index (χ0) is 17.9. The lowest BCUT2D eigenvalue weighted by Gasteiger charge is -2.38. The van der Waals surface area contributed by atoms with E-state index >= 15 is 0 Å². The zero-order valence-electron chi connectivity index (χ0n) is 14.8. The Morgan fingerprint density at radius 1 is 1.00 bits per heavy atom. The van der Waals surface area contributed by atoms with Crippen LogP contribution in [0.25, 0.3) is 0 Å². The number of hydrogen-bond donors (Lipinski definition) is 1. The molecule has 0 atom stereocenters. The molecule has 2 aromatic carbocycles. The molecule has 2 aromatic rings. The van der Waals surface area contributed by atoms with E-state index in [9.17, 15) is 4.39 Å². The Morgan fingerprint density at radius 2 is 1.65 bits per heavy atom. The molecule has 26 heavy (non-hydrogen) atoms. The van der Waals surface area contributed by atoms with Crippen molar-refractivity contribution in [1.29, 1.82) is 0 Å². The summed E-state index contributed by atoms with van der Waals surface area (Å²) in [4.78, 5) is 2.53. The van der Waals surface area contributed by atoms with E-state index in [-0.39, 0.29) is 5.82 Å². The Labute approximate surface area is 159 Å². The molecule has 4 rings (SSSR count). The number of anilines is 1. The van der Waals surface area contributed by atoms with Gasteiger partial charge < -0.3 is 10.2 Å². The third-order valence-corrected chi connectivity index (χ3v) is 5.51. The monoisotopic (exact) mass is 370 g/mol. The number of nitrogens with one attached hydrogen (secondary N) is 1. The molecule has 1 N–H and O–H groups in total. The van der Waals surface area contributed by atoms with Gasteiger partial charge in [0.15, 0.2) is 0 Å². The van der Waals surface area contributed by atoms with Gasteiger partial charge in [-0.2, -0.15) is 0 Å². The number of nitrogens with zero attached hydrogens (tertiary/aromatic N) is 1. The molecule has 0 spiro atoms. The SMILES string of the molecule is Fc1ccc(CC(=C2CC2)N(c2ccc(Cl)cc2)C2CCNCC2)cc1. The molecular formula is C22H24ClFN2. The van der Waals surface area contributed by atoms with E-state index in [4.69, 9.17) is 11.6 Å². The van der Waals surface area contributed by atoms with Gasteiger partial charge in [0, 0.05) is 28.9 Å². The number of halogens is 2. The molecule has 1 saturated heterocycles. The molecule has 4 heteroatoms. The van der Waals surface area contributed by atoms with Crippen molar-refractivity contribution in [2.24, 2.45) is 0 Å². The Hall–Kier alpha value is -1.84. The van der Waals surface area contributed by atoms with Crippen LogP contribution in [-0.2, 0) is 6.42 Å². The van der Waals surface area contributed by atoms with Crippen molar-refractivity contribution in [2.45, 2.75) is 38.1 Å². The van der Waals surface area contributed by atoms with Crippen molar-refractivity contribution in [3.8, 4) is 0 Å². The average Bonchev–Trinajstić information content (AvgIpc) is 3.50. The summed E-state index contributed by atoms with van der Waals surface area (Å²) in [5, 5.41) is 4.23. The molecule has 1 saturated carbocycles. The van der Waals surface area contributed by atoms with Gasteiger partial charge in [0.25, 0.3) is 0 Å². The number of rotatable bonds is 5. The van der Waals surface area contributed by atoms with E-state index in [0.29, 0.717) is 6.04 Å². The van der Waals surface area contributed by atoms with E-state index in [1.807, 2.05) is 24.3 Å². The van der Waals surface area contributed by atoms with Gasteiger partial charge in [-0.25, -0.2) is 4.39 Å². The summed E-state index contributed by atoms with van der Waals surface area (Å²) in [7, 11) is 0. The van der Waals surface area contributed by atoms with Gasteiger partial charge in [0.05, 0.1) is 0 Å². The molecule has 1 aliphatic heterocycles. The fourth-order valence-corrected chi connectivity index (χ4v) is 3.91. The summed E-state index contributed by atoms with van der Waals surface area (Å²) in [5.74, 6) is -0.178. The van der Waals surface area contributed by atoms with Crippen molar-refractivity contribution in [2.75, 3.05) is 18.0 Å². The van der Waals surface area contributed by atoms with Crippen LogP contribution >= 0.6 is 11.6 Å². The van der Waals surface area contributed by atoms with E-state index in [0.717, 1.165) is 42.9 Å². The van der Waals surface area contributed by atoms with E-state index < -0.39 is 0 Å². The molecule has 0 bridgehead atoms. The predicted molar refractivity (Wildman–Crippen MR) is 106 cm³/mol. The first-order valence-electron chi connectivity index (χ1n) is 9.41. The fourth-order valence-electron chi connectivity index (χ4n) is 3.78. The molecule has 0 radical (unpaired) electrons. The molecule has 136 valence electrons. The molecule has 0 amide bonds. The van der Waals surface area contributed by atoms with Gasteiger partial charge in [-0.3, -0.25) is 0 Å². The lowest BCUT2D eigenvalue weighted by atomic mass is 10.00. The van der Waals surface area contributed by atoms with Crippen LogP contribution < -0.4 is 10.2 Å². The Bertz CT molecular complexity index is 771. The third kappa shape index (κ3) is 4.11. The predicted octanol–water partition coefficient (Wildman–Crippen LogP) is 5.33. The van der Waals surface area contributed by atoms with Crippen LogP contribution in [0, 0.1) is 5.82 Å². The Balaban J connectivity index is 1.69. The summed E-state index contributed by atoms with van der Waals surface area (Å²) >= 11 is 6.13. The largest absolute Gasteiger partial charge is 0.342 e. The first-order valence-corrected chi connectivity index (χ1v) is 9.79. The second-order valence-corrected chi connectivity index (χ2v) is 7.62. The normalized spacial score (nSPS) is 17.2. The molecule has 2 aliphatic rings. The minimum Gasteiger partial charge on any atom is -0.342 e. The summed E-state index contributed by atoms with van der Waals surface area (Å²) < 4.78 is 13.3. The summed E-state index contributed by atoms with van der Waals surface area (Å²) in [6.07, 6.45) is 5.45. The Morgan fingerprint density at radius 3 is 2.27 bits per heavy atom. The van der Waals surface area contributed by atoms with Crippen LogP contribution in [0.5, 0.6) is 0 Å². The van der Waals surface area contributed by atoms with Crippen LogP contribution in [0.1, 0.15) is 31.2 Å². The molecule has 2 fully saturated rings. The maximum absolute atomic E-state index is 13.3. The van der Waals surface area contributed by atoms with E-state index in [1.54, 1.807) is 12.1 Å². The van der Waals surface area contributed by atoms with Gasteiger partial charge in [0.2, 0.25) is 0 Å². The highest BCUT2D eigenvalue weighted by Gasteiger charge is 2.29.